The number of carboxylic acid groups (broad SMARTS) is 1. The molecule has 0 bridgehead atoms. The van der Waals surface area contributed by atoms with Crippen LogP contribution in [0.25, 0.3) is 33.2 Å². The summed E-state index contributed by atoms with van der Waals surface area (Å²) in [5, 5.41) is 30.5. The Morgan fingerprint density at radius 2 is 0.945 bits per heavy atom. The molecule has 10 aromatic heterocycles. The van der Waals surface area contributed by atoms with Gasteiger partial charge < -0.3 is 16.4 Å². The van der Waals surface area contributed by atoms with Crippen molar-refractivity contribution in [2.45, 2.75) is 19.1 Å². The minimum atomic E-state index is -0.847. The molecule has 14 rings (SSSR count). The van der Waals surface area contributed by atoms with Crippen molar-refractivity contribution in [2.24, 2.45) is 0 Å². The van der Waals surface area contributed by atoms with Crippen molar-refractivity contribution in [1.82, 2.24) is 19.9 Å². The van der Waals surface area contributed by atoms with E-state index in [0.29, 0.717) is 4.88 Å². The summed E-state index contributed by atoms with van der Waals surface area (Å²) in [6.45, 7) is 0. The van der Waals surface area contributed by atoms with Crippen molar-refractivity contribution < 1.29 is 28.8 Å². The molecular formula is C71H63BrClLiN4O2P2S9. The van der Waals surface area contributed by atoms with Crippen LogP contribution in [-0.2, 0) is 22.4 Å². The molecule has 458 valence electrons. The molecular weight excluding hydrogens is 1410 g/mol. The molecule has 0 atom stereocenters. The Labute approximate surface area is 603 Å². The third kappa shape index (κ3) is 30.6. The Morgan fingerprint density at radius 1 is 0.473 bits per heavy atom. The van der Waals surface area contributed by atoms with Crippen LogP contribution in [0, 0.1) is 5.38 Å². The van der Waals surface area contributed by atoms with Gasteiger partial charge in [-0.2, -0.15) is 22.8 Å². The molecule has 0 saturated heterocycles. The molecule has 10 heterocycles. The number of aromatic nitrogens is 4. The van der Waals surface area contributed by atoms with Crippen LogP contribution in [0.3, 0.4) is 0 Å². The van der Waals surface area contributed by atoms with Crippen molar-refractivity contribution >= 4 is 177 Å². The van der Waals surface area contributed by atoms with E-state index in [1.807, 2.05) is 173 Å². The molecule has 0 aliphatic carbocycles. The van der Waals surface area contributed by atoms with Gasteiger partial charge in [-0.3, -0.25) is 19.9 Å². The standard InChI is InChI=1S/C16H13PS.C14H10N2S.C12H10ClP.C10H7BrN2.C5H4O2S.C4H4S2.C4H4S.C4H3S.2CH4.Li.S2/c1-3-8-14(9-4-1)17(16-12-7-13-18-16)15-10-5-2-6-11-15;1-2-8-15-12(4-1)13-7-6-11(10-16-13)14-5-3-9-17-14;13-14(11-7-3-1-4-8-11)12-9-5-2-6-10-12;11-8-4-5-10(13-7-8)9-3-1-2-6-12-9;6-5(7)4-2-1-3-8-4;5-4-2-1-3-6-4;2*1-2-4-5-3-1;;;;1-2/h1-13H;1-10H;1-10H;1-7H;1-3H,(H,6,7);1-3,5H;1-4H;1-3H;2*1H4;;/q;;;;;;;-1;;;+1;. The zero-order valence-corrected chi connectivity index (χ0v) is 59.2. The van der Waals surface area contributed by atoms with Crippen LogP contribution < -0.4 is 44.7 Å². The summed E-state index contributed by atoms with van der Waals surface area (Å²) in [5.74, 6) is -0.847. The molecule has 0 fully saturated rings. The summed E-state index contributed by atoms with van der Waals surface area (Å²) < 4.78 is 3.52. The van der Waals surface area contributed by atoms with E-state index in [1.54, 1.807) is 81.5 Å². The van der Waals surface area contributed by atoms with E-state index >= 15 is 0 Å². The summed E-state index contributed by atoms with van der Waals surface area (Å²) >= 11 is 30.9. The number of carboxylic acids is 1. The van der Waals surface area contributed by atoms with Crippen molar-refractivity contribution in [3.05, 3.63) is 332 Å². The van der Waals surface area contributed by atoms with Gasteiger partial charge >= 0.3 is 24.8 Å². The summed E-state index contributed by atoms with van der Waals surface area (Å²) in [6, 6.07) is 85.3. The predicted octanol–water partition coefficient (Wildman–Crippen LogP) is 18.6. The number of carbonyl (C=O) groups is 1. The normalized spacial score (nSPS) is 9.37. The van der Waals surface area contributed by atoms with Crippen LogP contribution in [0.15, 0.2) is 326 Å². The van der Waals surface area contributed by atoms with Gasteiger partial charge in [0.05, 0.1) is 34.3 Å². The first-order chi connectivity index (χ1) is 43.3. The van der Waals surface area contributed by atoms with Gasteiger partial charge in [0.1, 0.15) is 4.88 Å². The molecule has 0 unspecified atom stereocenters. The Bertz CT molecular complexity index is 3750. The molecule has 1 N–H and O–H groups in total. The number of hydrogen-bond donors (Lipinski definition) is 2. The van der Waals surface area contributed by atoms with Crippen LogP contribution in [0.2, 0.25) is 0 Å². The third-order valence-electron chi connectivity index (χ3n) is 10.9. The van der Waals surface area contributed by atoms with Crippen molar-refractivity contribution in [1.29, 1.82) is 0 Å². The molecule has 4 aromatic carbocycles. The average Bonchev–Trinajstić information content (AvgIpc) is 3.41. The number of nitrogens with zero attached hydrogens (tertiary/aromatic N) is 4. The number of thiophene rings is 6. The number of halogens is 2. The Hall–Kier alpha value is -5.83. The molecule has 91 heavy (non-hydrogen) atoms. The second-order valence-electron chi connectivity index (χ2n) is 16.9. The SMILES string of the molecule is Brc1ccc(-c2ccccn2)nc1.C.C.ClP(c1ccccc1)c1ccccc1.O=C(O)c1cccs1.S=S.Sc1cccs1.[Li+].[c-]1cccs1.c1ccc(-c2ccc(-c3cccs3)cn2)nc1.c1ccc(P(c2ccccc2)c2cccs2)cc1.c1ccsc1. The van der Waals surface area contributed by atoms with Gasteiger partial charge in [0.2, 0.25) is 0 Å². The van der Waals surface area contributed by atoms with Gasteiger partial charge in [0.25, 0.3) is 0 Å². The van der Waals surface area contributed by atoms with Crippen LogP contribution >= 0.6 is 123 Å². The van der Waals surface area contributed by atoms with E-state index in [9.17, 15) is 4.79 Å². The van der Waals surface area contributed by atoms with Gasteiger partial charge in [0, 0.05) is 66.7 Å². The minimum absolute atomic E-state index is 0. The molecule has 14 aromatic rings. The number of pyridine rings is 4. The van der Waals surface area contributed by atoms with Crippen molar-refractivity contribution in [3.63, 3.8) is 0 Å². The maximum Gasteiger partial charge on any atom is 1.00 e. The Morgan fingerprint density at radius 3 is 1.27 bits per heavy atom. The number of thiol groups is 1. The molecule has 0 aliphatic heterocycles. The first-order valence-electron chi connectivity index (χ1n) is 26.3. The van der Waals surface area contributed by atoms with E-state index < -0.39 is 21.2 Å². The second-order valence-corrected chi connectivity index (χ2v) is 29.0. The Balaban J connectivity index is 0.000000279. The number of aromatic carboxylic acids is 1. The second kappa shape index (κ2) is 48.8. The van der Waals surface area contributed by atoms with Gasteiger partial charge in [-0.15, -0.1) is 63.4 Å². The number of hydrogen-bond acceptors (Lipinski definition) is 14. The Kier molecular flexibility index (Phi) is 42.6. The topological polar surface area (TPSA) is 88.9 Å². The minimum Gasteiger partial charge on any atom is -0.477 e. The summed E-state index contributed by atoms with van der Waals surface area (Å²) in [7, 11) is -1.09. The molecule has 20 heteroatoms. The maximum atomic E-state index is 10.1. The number of rotatable bonds is 9. The van der Waals surface area contributed by atoms with Crippen molar-refractivity contribution in [3.8, 4) is 33.2 Å². The van der Waals surface area contributed by atoms with E-state index in [1.165, 1.54) is 42.1 Å². The molecule has 0 amide bonds. The quantitative estimate of drug-likeness (QED) is 0.0640. The fourth-order valence-electron chi connectivity index (χ4n) is 7.00. The molecule has 0 radical (unpaired) electrons. The maximum absolute atomic E-state index is 10.1. The first-order valence-corrected chi connectivity index (χ1v) is 37.8. The van der Waals surface area contributed by atoms with Gasteiger partial charge in [0.15, 0.2) is 0 Å². The first kappa shape index (κ1) is 79.4. The van der Waals surface area contributed by atoms with E-state index in [4.69, 9.17) is 16.3 Å². The summed E-state index contributed by atoms with van der Waals surface area (Å²) in [6.07, 6.45) is 7.21. The van der Waals surface area contributed by atoms with Gasteiger partial charge in [-0.25, -0.2) is 10.9 Å². The van der Waals surface area contributed by atoms with Crippen LogP contribution in [-0.4, -0.2) is 31.0 Å². The molecule has 0 saturated carbocycles. The van der Waals surface area contributed by atoms with Gasteiger partial charge in [-0.1, -0.05) is 196 Å². The summed E-state index contributed by atoms with van der Waals surface area (Å²) in [4.78, 5) is 28.9. The monoisotopic (exact) mass is 1470 g/mol. The summed E-state index contributed by atoms with van der Waals surface area (Å²) in [5.41, 5.74) is 4.76. The molecule has 6 nitrogen and oxygen atoms in total. The largest absolute Gasteiger partial charge is 1.00 e. The fourth-order valence-corrected chi connectivity index (χ4v) is 15.6. The van der Waals surface area contributed by atoms with Crippen molar-refractivity contribution in [2.75, 3.05) is 0 Å². The van der Waals surface area contributed by atoms with E-state index in [-0.39, 0.29) is 33.7 Å². The fraction of sp³-hybridized carbons (Fsp3) is 0.0282. The zero-order valence-electron chi connectivity index (χ0n) is 47.6. The third-order valence-corrected chi connectivity index (χ3v) is 21.9. The molecule has 0 aliphatic rings. The predicted molar refractivity (Wildman–Crippen MR) is 412 cm³/mol. The number of benzene rings is 4. The van der Waals surface area contributed by atoms with Crippen LogP contribution in [0.4, 0.5) is 0 Å². The smallest absolute Gasteiger partial charge is 0.477 e. The zero-order chi connectivity index (χ0) is 62.1. The average molecular weight is 1480 g/mol. The van der Waals surface area contributed by atoms with Gasteiger partial charge in [-0.05, 0) is 150 Å². The van der Waals surface area contributed by atoms with Crippen LogP contribution in [0.1, 0.15) is 24.5 Å². The van der Waals surface area contributed by atoms with E-state index in [0.717, 1.165) is 37.0 Å². The van der Waals surface area contributed by atoms with Crippen LogP contribution in [0.5, 0.6) is 0 Å². The van der Waals surface area contributed by atoms with E-state index in [2.05, 4.69) is 196 Å². The molecule has 0 spiro atoms.